The Morgan fingerprint density at radius 1 is 1.10 bits per heavy atom. The largest absolute Gasteiger partial charge is 0.0985 e. The van der Waals surface area contributed by atoms with Crippen LogP contribution in [0, 0.1) is 0 Å². The fourth-order valence-corrected chi connectivity index (χ4v) is 3.49. The molecule has 0 radical (unpaired) electrons. The zero-order valence-corrected chi connectivity index (χ0v) is 13.2. The first-order chi connectivity index (χ1) is 9.85. The Morgan fingerprint density at radius 3 is 2.60 bits per heavy atom. The number of rotatable bonds is 7. The van der Waals surface area contributed by atoms with Gasteiger partial charge in [0, 0.05) is 0 Å². The highest BCUT2D eigenvalue weighted by molar-refractivity contribution is 5.54. The van der Waals surface area contributed by atoms with Gasteiger partial charge in [0.15, 0.2) is 0 Å². The van der Waals surface area contributed by atoms with Gasteiger partial charge in [0.1, 0.15) is 0 Å². The third-order valence-electron chi connectivity index (χ3n) is 4.74. The highest BCUT2D eigenvalue weighted by Gasteiger charge is 2.17. The van der Waals surface area contributed by atoms with Gasteiger partial charge in [0.05, 0.1) is 0 Å². The molecule has 1 aliphatic carbocycles. The Morgan fingerprint density at radius 2 is 1.90 bits per heavy atom. The van der Waals surface area contributed by atoms with Crippen LogP contribution in [0.3, 0.4) is 0 Å². The maximum absolute atomic E-state index is 4.00. The third kappa shape index (κ3) is 4.23. The predicted octanol–water partition coefficient (Wildman–Crippen LogP) is 6.50. The van der Waals surface area contributed by atoms with Crippen molar-refractivity contribution in [2.75, 3.05) is 0 Å². The van der Waals surface area contributed by atoms with Gasteiger partial charge in [0.25, 0.3) is 0 Å². The average Bonchev–Trinajstić information content (AvgIpc) is 2.52. The Bertz CT molecular complexity index is 410. The predicted molar refractivity (Wildman–Crippen MR) is 90.2 cm³/mol. The zero-order chi connectivity index (χ0) is 14.2. The van der Waals surface area contributed by atoms with E-state index in [9.17, 15) is 0 Å². The first-order valence-corrected chi connectivity index (χ1v) is 8.60. The lowest BCUT2D eigenvalue weighted by Gasteiger charge is -2.24. The SMILES string of the molecule is C=Cc1ccc(CCCCCC)cc1C1CCCCC1. The maximum atomic E-state index is 4.00. The molecule has 0 aromatic heterocycles. The smallest absolute Gasteiger partial charge is 0.0156 e. The number of benzene rings is 1. The molecular weight excluding hydrogens is 240 g/mol. The van der Waals surface area contributed by atoms with Crippen LogP contribution in [0.5, 0.6) is 0 Å². The maximum Gasteiger partial charge on any atom is -0.0156 e. The van der Waals surface area contributed by atoms with E-state index in [0.29, 0.717) is 0 Å². The van der Waals surface area contributed by atoms with Crippen LogP contribution in [-0.4, -0.2) is 0 Å². The summed E-state index contributed by atoms with van der Waals surface area (Å²) in [6, 6.07) is 7.10. The Labute approximate surface area is 125 Å². The molecule has 110 valence electrons. The first kappa shape index (κ1) is 15.4. The van der Waals surface area contributed by atoms with E-state index in [2.05, 4.69) is 31.7 Å². The van der Waals surface area contributed by atoms with Gasteiger partial charge in [-0.1, -0.05) is 76.3 Å². The fraction of sp³-hybridized carbons (Fsp3) is 0.600. The van der Waals surface area contributed by atoms with Crippen LogP contribution in [0.25, 0.3) is 6.08 Å². The lowest BCUT2D eigenvalue weighted by molar-refractivity contribution is 0.443. The van der Waals surface area contributed by atoms with Crippen LogP contribution in [0.15, 0.2) is 24.8 Å². The second kappa shape index (κ2) is 8.29. The van der Waals surface area contributed by atoms with Crippen LogP contribution in [-0.2, 0) is 6.42 Å². The van der Waals surface area contributed by atoms with Gasteiger partial charge in [-0.25, -0.2) is 0 Å². The lowest BCUT2D eigenvalue weighted by atomic mass is 9.81. The third-order valence-corrected chi connectivity index (χ3v) is 4.74. The molecule has 0 unspecified atom stereocenters. The molecule has 0 spiro atoms. The van der Waals surface area contributed by atoms with E-state index in [0.717, 1.165) is 5.92 Å². The molecule has 1 aromatic carbocycles. The summed E-state index contributed by atoms with van der Waals surface area (Å²) >= 11 is 0. The van der Waals surface area contributed by atoms with Gasteiger partial charge in [-0.05, 0) is 48.3 Å². The van der Waals surface area contributed by atoms with Gasteiger partial charge in [-0.2, -0.15) is 0 Å². The second-order valence-corrected chi connectivity index (χ2v) is 6.31. The van der Waals surface area contributed by atoms with Crippen molar-refractivity contribution in [3.63, 3.8) is 0 Å². The molecule has 0 aliphatic heterocycles. The average molecular weight is 270 g/mol. The summed E-state index contributed by atoms with van der Waals surface area (Å²) in [5.74, 6) is 0.785. The summed E-state index contributed by atoms with van der Waals surface area (Å²) < 4.78 is 0. The van der Waals surface area contributed by atoms with Crippen molar-refractivity contribution in [1.29, 1.82) is 0 Å². The molecule has 0 bridgehead atoms. The molecule has 20 heavy (non-hydrogen) atoms. The molecule has 1 aliphatic rings. The number of unbranched alkanes of at least 4 members (excludes halogenated alkanes) is 3. The fourth-order valence-electron chi connectivity index (χ4n) is 3.49. The summed E-state index contributed by atoms with van der Waals surface area (Å²) in [6.07, 6.45) is 15.7. The molecule has 0 atom stereocenters. The Kier molecular flexibility index (Phi) is 6.36. The molecule has 1 saturated carbocycles. The normalized spacial score (nSPS) is 16.2. The van der Waals surface area contributed by atoms with E-state index in [1.165, 1.54) is 75.3 Å². The second-order valence-electron chi connectivity index (χ2n) is 6.31. The van der Waals surface area contributed by atoms with E-state index in [-0.39, 0.29) is 0 Å². The summed E-state index contributed by atoms with van der Waals surface area (Å²) in [6.45, 7) is 6.28. The summed E-state index contributed by atoms with van der Waals surface area (Å²) in [7, 11) is 0. The van der Waals surface area contributed by atoms with Crippen LogP contribution in [0.4, 0.5) is 0 Å². The molecule has 0 amide bonds. The minimum absolute atomic E-state index is 0.785. The molecule has 1 fully saturated rings. The standard InChI is InChI=1S/C20H30/c1-3-5-6-8-11-17-14-15-18(4-2)20(16-17)19-12-9-7-10-13-19/h4,14-16,19H,2-3,5-13H2,1H3. The van der Waals surface area contributed by atoms with E-state index >= 15 is 0 Å². The van der Waals surface area contributed by atoms with Gasteiger partial charge >= 0.3 is 0 Å². The molecule has 1 aromatic rings. The first-order valence-electron chi connectivity index (χ1n) is 8.60. The monoisotopic (exact) mass is 270 g/mol. The van der Waals surface area contributed by atoms with Crippen molar-refractivity contribution >= 4 is 6.08 Å². The van der Waals surface area contributed by atoms with Gasteiger partial charge < -0.3 is 0 Å². The summed E-state index contributed by atoms with van der Waals surface area (Å²) in [5, 5.41) is 0. The molecule has 0 heteroatoms. The molecule has 0 heterocycles. The van der Waals surface area contributed by atoms with Gasteiger partial charge in [0.2, 0.25) is 0 Å². The topological polar surface area (TPSA) is 0 Å². The van der Waals surface area contributed by atoms with Crippen molar-refractivity contribution in [1.82, 2.24) is 0 Å². The number of hydrogen-bond acceptors (Lipinski definition) is 0. The number of hydrogen-bond donors (Lipinski definition) is 0. The quantitative estimate of drug-likeness (QED) is 0.496. The highest BCUT2D eigenvalue weighted by atomic mass is 14.2. The Hall–Kier alpha value is -1.04. The molecule has 0 N–H and O–H groups in total. The highest BCUT2D eigenvalue weighted by Crippen LogP contribution is 2.35. The van der Waals surface area contributed by atoms with E-state index in [1.807, 2.05) is 6.08 Å². The van der Waals surface area contributed by atoms with Crippen molar-refractivity contribution in [3.05, 3.63) is 41.5 Å². The van der Waals surface area contributed by atoms with Gasteiger partial charge in [-0.3, -0.25) is 0 Å². The zero-order valence-electron chi connectivity index (χ0n) is 13.2. The van der Waals surface area contributed by atoms with Crippen molar-refractivity contribution < 1.29 is 0 Å². The van der Waals surface area contributed by atoms with E-state index < -0.39 is 0 Å². The minimum atomic E-state index is 0.785. The van der Waals surface area contributed by atoms with Crippen molar-refractivity contribution in [2.24, 2.45) is 0 Å². The summed E-state index contributed by atoms with van der Waals surface area (Å²) in [5.41, 5.74) is 4.48. The van der Waals surface area contributed by atoms with E-state index in [4.69, 9.17) is 0 Å². The molecular formula is C20H30. The van der Waals surface area contributed by atoms with Crippen LogP contribution < -0.4 is 0 Å². The van der Waals surface area contributed by atoms with Crippen LogP contribution >= 0.6 is 0 Å². The number of aryl methyl sites for hydroxylation is 1. The van der Waals surface area contributed by atoms with E-state index in [1.54, 1.807) is 5.56 Å². The minimum Gasteiger partial charge on any atom is -0.0985 e. The molecule has 0 saturated heterocycles. The summed E-state index contributed by atoms with van der Waals surface area (Å²) in [4.78, 5) is 0. The van der Waals surface area contributed by atoms with Crippen LogP contribution in [0.2, 0.25) is 0 Å². The molecule has 2 rings (SSSR count). The Balaban J connectivity index is 2.05. The molecule has 0 nitrogen and oxygen atoms in total. The van der Waals surface area contributed by atoms with Gasteiger partial charge in [-0.15, -0.1) is 0 Å². The van der Waals surface area contributed by atoms with Crippen molar-refractivity contribution in [3.8, 4) is 0 Å². The van der Waals surface area contributed by atoms with Crippen molar-refractivity contribution in [2.45, 2.75) is 77.0 Å². The lowest BCUT2D eigenvalue weighted by Crippen LogP contribution is -2.06. The van der Waals surface area contributed by atoms with Crippen LogP contribution in [0.1, 0.15) is 87.3 Å².